The van der Waals surface area contributed by atoms with E-state index in [2.05, 4.69) is 5.32 Å². The highest BCUT2D eigenvalue weighted by molar-refractivity contribution is 5.92. The number of hydrogen-bond donors (Lipinski definition) is 1. The highest BCUT2D eigenvalue weighted by Gasteiger charge is 2.27. The Balaban J connectivity index is 1.81. The van der Waals surface area contributed by atoms with Gasteiger partial charge in [0, 0.05) is 31.9 Å². The first-order valence-corrected chi connectivity index (χ1v) is 10.0. The van der Waals surface area contributed by atoms with Crippen molar-refractivity contribution in [2.24, 2.45) is 0 Å². The van der Waals surface area contributed by atoms with Crippen molar-refractivity contribution in [2.45, 2.75) is 46.1 Å². The normalized spacial score (nSPS) is 14.3. The molecule has 0 atom stereocenters. The van der Waals surface area contributed by atoms with Gasteiger partial charge >= 0.3 is 18.1 Å². The SMILES string of the molecule is CCCCOC(=O)c1ccc(NC(=O)N2CCN(C(=O)OC(C)(C)C)CC2)cc1. The van der Waals surface area contributed by atoms with Gasteiger partial charge in [-0.1, -0.05) is 13.3 Å². The van der Waals surface area contributed by atoms with E-state index in [9.17, 15) is 14.4 Å². The largest absolute Gasteiger partial charge is 0.462 e. The van der Waals surface area contributed by atoms with Crippen LogP contribution >= 0.6 is 0 Å². The Bertz CT molecular complexity index is 704. The van der Waals surface area contributed by atoms with Crippen molar-refractivity contribution in [2.75, 3.05) is 38.1 Å². The number of unbranched alkanes of at least 4 members (excludes halogenated alkanes) is 1. The molecule has 1 saturated heterocycles. The number of rotatable bonds is 5. The number of carbonyl (C=O) groups is 3. The number of ether oxygens (including phenoxy) is 2. The second kappa shape index (κ2) is 10.1. The number of nitrogens with zero attached hydrogens (tertiary/aromatic N) is 2. The molecular weight excluding hydrogens is 374 g/mol. The molecule has 1 aromatic rings. The Labute approximate surface area is 172 Å². The minimum Gasteiger partial charge on any atom is -0.462 e. The fourth-order valence-electron chi connectivity index (χ4n) is 2.70. The van der Waals surface area contributed by atoms with Crippen molar-refractivity contribution in [3.05, 3.63) is 29.8 Å². The molecule has 8 heteroatoms. The molecule has 3 amide bonds. The summed E-state index contributed by atoms with van der Waals surface area (Å²) in [6.07, 6.45) is 1.43. The van der Waals surface area contributed by atoms with Gasteiger partial charge in [-0.15, -0.1) is 0 Å². The van der Waals surface area contributed by atoms with Crippen LogP contribution < -0.4 is 5.32 Å². The lowest BCUT2D eigenvalue weighted by atomic mass is 10.2. The van der Waals surface area contributed by atoms with Crippen molar-refractivity contribution in [1.82, 2.24) is 9.80 Å². The highest BCUT2D eigenvalue weighted by atomic mass is 16.6. The summed E-state index contributed by atoms with van der Waals surface area (Å²) in [5.74, 6) is -0.366. The Kier molecular flexibility index (Phi) is 7.87. The first-order chi connectivity index (χ1) is 13.7. The summed E-state index contributed by atoms with van der Waals surface area (Å²) in [4.78, 5) is 39.7. The molecule has 2 rings (SSSR count). The van der Waals surface area contributed by atoms with E-state index >= 15 is 0 Å². The quantitative estimate of drug-likeness (QED) is 0.596. The fourth-order valence-corrected chi connectivity index (χ4v) is 2.70. The third kappa shape index (κ3) is 7.29. The van der Waals surface area contributed by atoms with E-state index in [1.165, 1.54) is 0 Å². The minimum atomic E-state index is -0.541. The number of esters is 1. The Morgan fingerprint density at radius 3 is 2.14 bits per heavy atom. The lowest BCUT2D eigenvalue weighted by Gasteiger charge is -2.35. The van der Waals surface area contributed by atoms with E-state index in [0.717, 1.165) is 12.8 Å². The Morgan fingerprint density at radius 1 is 1.00 bits per heavy atom. The van der Waals surface area contributed by atoms with Crippen molar-refractivity contribution in [3.63, 3.8) is 0 Å². The van der Waals surface area contributed by atoms with Crippen molar-refractivity contribution < 1.29 is 23.9 Å². The maximum absolute atomic E-state index is 12.5. The average molecular weight is 405 g/mol. The molecule has 1 aliphatic rings. The molecule has 1 N–H and O–H groups in total. The van der Waals surface area contributed by atoms with Gasteiger partial charge in [-0.25, -0.2) is 14.4 Å². The van der Waals surface area contributed by atoms with Gasteiger partial charge in [0.05, 0.1) is 12.2 Å². The molecule has 1 heterocycles. The van der Waals surface area contributed by atoms with E-state index < -0.39 is 5.60 Å². The molecular formula is C21H31N3O5. The van der Waals surface area contributed by atoms with Gasteiger partial charge in [0.1, 0.15) is 5.60 Å². The maximum atomic E-state index is 12.5. The molecule has 8 nitrogen and oxygen atoms in total. The van der Waals surface area contributed by atoms with Gasteiger partial charge in [-0.3, -0.25) is 0 Å². The predicted octanol–water partition coefficient (Wildman–Crippen LogP) is 3.73. The van der Waals surface area contributed by atoms with Gasteiger partial charge in [0.25, 0.3) is 0 Å². The molecule has 0 aromatic heterocycles. The third-order valence-electron chi connectivity index (χ3n) is 4.32. The summed E-state index contributed by atoms with van der Waals surface area (Å²) >= 11 is 0. The van der Waals surface area contributed by atoms with Gasteiger partial charge in [0.2, 0.25) is 0 Å². The molecule has 1 aromatic carbocycles. The number of carbonyl (C=O) groups excluding carboxylic acids is 3. The van der Waals surface area contributed by atoms with Crippen LogP contribution in [0.1, 0.15) is 50.9 Å². The fraction of sp³-hybridized carbons (Fsp3) is 0.571. The smallest absolute Gasteiger partial charge is 0.410 e. The van der Waals surface area contributed by atoms with Crippen LogP contribution in [-0.4, -0.2) is 66.3 Å². The van der Waals surface area contributed by atoms with Crippen LogP contribution in [0.4, 0.5) is 15.3 Å². The second-order valence-electron chi connectivity index (χ2n) is 7.95. The molecule has 0 unspecified atom stereocenters. The van der Waals surface area contributed by atoms with E-state index in [0.29, 0.717) is 44.0 Å². The number of nitrogens with one attached hydrogen (secondary N) is 1. The highest BCUT2D eigenvalue weighted by Crippen LogP contribution is 2.14. The summed E-state index contributed by atoms with van der Waals surface area (Å²) in [6, 6.07) is 6.36. The minimum absolute atomic E-state index is 0.243. The van der Waals surface area contributed by atoms with E-state index in [1.807, 2.05) is 27.7 Å². The second-order valence-corrected chi connectivity index (χ2v) is 7.95. The molecule has 0 saturated carbocycles. The standard InChI is InChI=1S/C21H31N3O5/c1-5-6-15-28-18(25)16-7-9-17(10-8-16)22-19(26)23-11-13-24(14-12-23)20(27)29-21(2,3)4/h7-10H,5-6,11-15H2,1-4H3,(H,22,26). The van der Waals surface area contributed by atoms with Crippen molar-refractivity contribution in [3.8, 4) is 0 Å². The van der Waals surface area contributed by atoms with Crippen molar-refractivity contribution >= 4 is 23.8 Å². The molecule has 0 bridgehead atoms. The van der Waals surface area contributed by atoms with Gasteiger partial charge < -0.3 is 24.6 Å². The van der Waals surface area contributed by atoms with Gasteiger partial charge in [-0.05, 0) is 51.5 Å². The number of amides is 3. The number of hydrogen-bond acceptors (Lipinski definition) is 5. The van der Waals surface area contributed by atoms with Gasteiger partial charge in [-0.2, -0.15) is 0 Å². The first kappa shape index (κ1) is 22.5. The van der Waals surface area contributed by atoms with Gasteiger partial charge in [0.15, 0.2) is 0 Å². The van der Waals surface area contributed by atoms with Crippen LogP contribution in [0.15, 0.2) is 24.3 Å². The monoisotopic (exact) mass is 405 g/mol. The zero-order valence-electron chi connectivity index (χ0n) is 17.7. The van der Waals surface area contributed by atoms with E-state index in [1.54, 1.807) is 34.1 Å². The van der Waals surface area contributed by atoms with Crippen molar-refractivity contribution in [1.29, 1.82) is 0 Å². The predicted molar refractivity (Wildman–Crippen MR) is 110 cm³/mol. The average Bonchev–Trinajstić information content (AvgIpc) is 2.67. The number of benzene rings is 1. The lowest BCUT2D eigenvalue weighted by Crippen LogP contribution is -2.52. The Morgan fingerprint density at radius 2 is 1.59 bits per heavy atom. The number of anilines is 1. The van der Waals surface area contributed by atoms with E-state index in [-0.39, 0.29) is 18.1 Å². The molecule has 29 heavy (non-hydrogen) atoms. The van der Waals surface area contributed by atoms with E-state index in [4.69, 9.17) is 9.47 Å². The number of piperazine rings is 1. The lowest BCUT2D eigenvalue weighted by molar-refractivity contribution is 0.0174. The van der Waals surface area contributed by atoms with Crippen LogP contribution in [0.25, 0.3) is 0 Å². The summed E-state index contributed by atoms with van der Waals surface area (Å²) < 4.78 is 10.5. The van der Waals surface area contributed by atoms with Crippen LogP contribution in [0.5, 0.6) is 0 Å². The third-order valence-corrected chi connectivity index (χ3v) is 4.32. The molecule has 160 valence electrons. The topological polar surface area (TPSA) is 88.2 Å². The van der Waals surface area contributed by atoms with Crippen LogP contribution in [0.3, 0.4) is 0 Å². The van der Waals surface area contributed by atoms with Crippen LogP contribution in [-0.2, 0) is 9.47 Å². The summed E-state index contributed by atoms with van der Waals surface area (Å²) in [6.45, 7) is 9.60. The number of urea groups is 1. The molecule has 0 aliphatic carbocycles. The molecule has 0 radical (unpaired) electrons. The molecule has 1 fully saturated rings. The zero-order valence-corrected chi connectivity index (χ0v) is 17.7. The zero-order chi connectivity index (χ0) is 21.4. The first-order valence-electron chi connectivity index (χ1n) is 10.0. The maximum Gasteiger partial charge on any atom is 0.410 e. The Hall–Kier alpha value is -2.77. The molecule has 1 aliphatic heterocycles. The summed E-state index contributed by atoms with van der Waals surface area (Å²) in [5, 5.41) is 2.81. The summed E-state index contributed by atoms with van der Waals surface area (Å²) in [7, 11) is 0. The molecule has 0 spiro atoms. The summed E-state index contributed by atoms with van der Waals surface area (Å²) in [5.41, 5.74) is 0.500. The van der Waals surface area contributed by atoms with Crippen LogP contribution in [0, 0.1) is 0 Å². The van der Waals surface area contributed by atoms with Crippen LogP contribution in [0.2, 0.25) is 0 Å².